The van der Waals surface area contributed by atoms with Crippen LogP contribution in [0, 0.1) is 0 Å². The van der Waals surface area contributed by atoms with Crippen LogP contribution in [0.1, 0.15) is 6.42 Å². The van der Waals surface area contributed by atoms with E-state index in [2.05, 4.69) is 15.9 Å². The van der Waals surface area contributed by atoms with Gasteiger partial charge < -0.3 is 0 Å². The van der Waals surface area contributed by atoms with Crippen LogP contribution >= 0.6 is 38.5 Å². The van der Waals surface area contributed by atoms with Crippen LogP contribution in [0.4, 0.5) is 8.78 Å². The van der Waals surface area contributed by atoms with Crippen molar-refractivity contribution in [2.75, 3.05) is 0 Å². The molecule has 4 heteroatoms. The van der Waals surface area contributed by atoms with Crippen LogP contribution in [-0.4, -0.2) is 3.68 Å². The molecule has 0 radical (unpaired) electrons. The molecule has 0 N–H and O–H groups in total. The number of alkyl halides is 2. The van der Waals surface area contributed by atoms with Gasteiger partial charge >= 0.3 is 0 Å². The molecule has 0 nitrogen and oxygen atoms in total. The zero-order chi connectivity index (χ0) is 7.78. The van der Waals surface area contributed by atoms with Gasteiger partial charge in [-0.15, -0.1) is 0 Å². The largest absolute Gasteiger partial charge is 0.227 e. The molecule has 1 rings (SSSR count). The van der Waals surface area contributed by atoms with Gasteiger partial charge in [-0.2, -0.15) is 0 Å². The SMILES string of the molecule is FC1=C(Br)CC(F)(I)C=C1. The highest BCUT2D eigenvalue weighted by molar-refractivity contribution is 14.1. The van der Waals surface area contributed by atoms with E-state index in [0.29, 0.717) is 4.48 Å². The van der Waals surface area contributed by atoms with E-state index in [9.17, 15) is 8.78 Å². The Morgan fingerprint density at radius 2 is 2.30 bits per heavy atom. The first-order chi connectivity index (χ1) is 4.51. The molecule has 0 saturated carbocycles. The molecule has 1 aliphatic carbocycles. The van der Waals surface area contributed by atoms with Gasteiger partial charge in [0.15, 0.2) is 3.68 Å². The van der Waals surface area contributed by atoms with Gasteiger partial charge in [0.1, 0.15) is 5.83 Å². The molecular formula is C6H4BrF2I. The number of halogens is 4. The van der Waals surface area contributed by atoms with Gasteiger partial charge in [-0.3, -0.25) is 0 Å². The quantitative estimate of drug-likeness (QED) is 0.472. The summed E-state index contributed by atoms with van der Waals surface area (Å²) in [6.07, 6.45) is 2.43. The van der Waals surface area contributed by atoms with Gasteiger partial charge in [-0.05, 0) is 34.7 Å². The third-order valence-corrected chi connectivity index (χ3v) is 2.52. The number of hydrogen-bond donors (Lipinski definition) is 0. The lowest BCUT2D eigenvalue weighted by Crippen LogP contribution is -2.12. The molecule has 0 heterocycles. The molecule has 1 unspecified atom stereocenters. The molecule has 0 fully saturated rings. The van der Waals surface area contributed by atoms with Crippen LogP contribution in [-0.2, 0) is 0 Å². The Balaban J connectivity index is 2.85. The maximum Gasteiger partial charge on any atom is 0.184 e. The summed E-state index contributed by atoms with van der Waals surface area (Å²) in [5.41, 5.74) is 0. The molecule has 0 aromatic heterocycles. The molecule has 0 aliphatic heterocycles. The van der Waals surface area contributed by atoms with Crippen LogP contribution < -0.4 is 0 Å². The molecule has 0 amide bonds. The Hall–Kier alpha value is 0.550. The third kappa shape index (κ3) is 2.02. The van der Waals surface area contributed by atoms with Crippen molar-refractivity contribution in [2.24, 2.45) is 0 Å². The van der Waals surface area contributed by atoms with Gasteiger partial charge in [-0.1, -0.05) is 15.9 Å². The van der Waals surface area contributed by atoms with Crippen molar-refractivity contribution in [1.29, 1.82) is 0 Å². The molecule has 0 spiro atoms. The molecule has 0 aromatic rings. The zero-order valence-electron chi connectivity index (χ0n) is 4.87. The van der Waals surface area contributed by atoms with E-state index >= 15 is 0 Å². The Labute approximate surface area is 79.6 Å². The van der Waals surface area contributed by atoms with E-state index < -0.39 is 3.68 Å². The monoisotopic (exact) mass is 320 g/mol. The second kappa shape index (κ2) is 2.89. The molecule has 0 aromatic carbocycles. The highest BCUT2D eigenvalue weighted by Gasteiger charge is 2.27. The molecule has 10 heavy (non-hydrogen) atoms. The minimum Gasteiger partial charge on any atom is -0.227 e. The van der Waals surface area contributed by atoms with Crippen LogP contribution in [0.15, 0.2) is 22.5 Å². The Kier molecular flexibility index (Phi) is 2.50. The third-order valence-electron chi connectivity index (χ3n) is 1.12. The standard InChI is InChI=1S/C6H4BrF2I/c7-4-3-6(9,10)2-1-5(4)8/h1-2H,3H2. The summed E-state index contributed by atoms with van der Waals surface area (Å²) >= 11 is 4.57. The van der Waals surface area contributed by atoms with Gasteiger partial charge in [0.25, 0.3) is 0 Å². The van der Waals surface area contributed by atoms with Gasteiger partial charge in [0, 0.05) is 10.9 Å². The fourth-order valence-electron chi connectivity index (χ4n) is 0.636. The highest BCUT2D eigenvalue weighted by Crippen LogP contribution is 2.38. The predicted octanol–water partition coefficient (Wildman–Crippen LogP) is 3.62. The Bertz CT molecular complexity index is 208. The van der Waals surface area contributed by atoms with Crippen LogP contribution in [0.5, 0.6) is 0 Å². The number of allylic oxidation sites excluding steroid dienone is 4. The first-order valence-electron chi connectivity index (χ1n) is 2.62. The zero-order valence-corrected chi connectivity index (χ0v) is 8.62. The highest BCUT2D eigenvalue weighted by atomic mass is 127. The van der Waals surface area contributed by atoms with E-state index in [4.69, 9.17) is 0 Å². The average molecular weight is 321 g/mol. The van der Waals surface area contributed by atoms with Crippen molar-refractivity contribution >= 4 is 38.5 Å². The molecule has 0 bridgehead atoms. The summed E-state index contributed by atoms with van der Waals surface area (Å²) in [7, 11) is 0. The number of rotatable bonds is 0. The van der Waals surface area contributed by atoms with Crippen LogP contribution in [0.25, 0.3) is 0 Å². The number of hydrogen-bond acceptors (Lipinski definition) is 0. The van der Waals surface area contributed by atoms with E-state index in [-0.39, 0.29) is 12.2 Å². The Morgan fingerprint density at radius 1 is 1.70 bits per heavy atom. The first-order valence-corrected chi connectivity index (χ1v) is 4.50. The lowest BCUT2D eigenvalue weighted by Gasteiger charge is -2.16. The van der Waals surface area contributed by atoms with Gasteiger partial charge in [0.05, 0.1) is 0 Å². The summed E-state index contributed by atoms with van der Waals surface area (Å²) in [5.74, 6) is -0.384. The summed E-state index contributed by atoms with van der Waals surface area (Å²) in [6, 6.07) is 0. The van der Waals surface area contributed by atoms with Crippen molar-refractivity contribution < 1.29 is 8.78 Å². The topological polar surface area (TPSA) is 0 Å². The molecule has 56 valence electrons. The summed E-state index contributed by atoms with van der Waals surface area (Å²) in [6.45, 7) is 0. The molecule has 0 saturated heterocycles. The van der Waals surface area contributed by atoms with Crippen molar-refractivity contribution in [3.05, 3.63) is 22.5 Å². The normalized spacial score (nSPS) is 33.2. The van der Waals surface area contributed by atoms with Crippen molar-refractivity contribution in [2.45, 2.75) is 10.1 Å². The van der Waals surface area contributed by atoms with E-state index in [1.807, 2.05) is 0 Å². The van der Waals surface area contributed by atoms with E-state index in [0.717, 1.165) is 6.08 Å². The average Bonchev–Trinajstić information content (AvgIpc) is 1.79. The summed E-state index contributed by atoms with van der Waals surface area (Å²) in [5, 5.41) is 0. The predicted molar refractivity (Wildman–Crippen MR) is 48.7 cm³/mol. The summed E-state index contributed by atoms with van der Waals surface area (Å²) < 4.78 is 24.3. The maximum atomic E-state index is 13.0. The second-order valence-corrected chi connectivity index (χ2v) is 4.77. The van der Waals surface area contributed by atoms with Gasteiger partial charge in [-0.25, -0.2) is 8.78 Å². The molecule has 1 atom stereocenters. The fourth-order valence-corrected chi connectivity index (χ4v) is 2.26. The minimum absolute atomic E-state index is 0.0793. The van der Waals surface area contributed by atoms with Crippen molar-refractivity contribution in [3.63, 3.8) is 0 Å². The van der Waals surface area contributed by atoms with E-state index in [1.165, 1.54) is 6.08 Å². The Morgan fingerprint density at radius 3 is 2.70 bits per heavy atom. The first kappa shape index (κ1) is 8.64. The fraction of sp³-hybridized carbons (Fsp3) is 0.333. The maximum absolute atomic E-state index is 13.0. The van der Waals surface area contributed by atoms with Crippen LogP contribution in [0.3, 0.4) is 0 Å². The smallest absolute Gasteiger partial charge is 0.184 e. The summed E-state index contributed by atoms with van der Waals surface area (Å²) in [4.78, 5) is 0. The van der Waals surface area contributed by atoms with E-state index in [1.54, 1.807) is 22.6 Å². The molecular weight excluding hydrogens is 317 g/mol. The minimum atomic E-state index is -1.42. The van der Waals surface area contributed by atoms with Crippen LogP contribution in [0.2, 0.25) is 0 Å². The lowest BCUT2D eigenvalue weighted by molar-refractivity contribution is 0.374. The van der Waals surface area contributed by atoms with Crippen molar-refractivity contribution in [3.8, 4) is 0 Å². The second-order valence-electron chi connectivity index (χ2n) is 2.02. The lowest BCUT2D eigenvalue weighted by atomic mass is 10.1. The molecule has 1 aliphatic rings. The van der Waals surface area contributed by atoms with Gasteiger partial charge in [0.2, 0.25) is 0 Å². The van der Waals surface area contributed by atoms with Crippen molar-refractivity contribution in [1.82, 2.24) is 0 Å².